The highest BCUT2D eigenvalue weighted by atomic mass is 16.3. The van der Waals surface area contributed by atoms with Crippen LogP contribution in [0.25, 0.3) is 16.6 Å². The number of hydrazone groups is 1. The van der Waals surface area contributed by atoms with E-state index in [9.17, 15) is 14.7 Å². The lowest BCUT2D eigenvalue weighted by atomic mass is 10.1. The van der Waals surface area contributed by atoms with E-state index in [0.29, 0.717) is 22.2 Å². The van der Waals surface area contributed by atoms with E-state index in [1.54, 1.807) is 55.5 Å². The van der Waals surface area contributed by atoms with Crippen LogP contribution in [0.15, 0.2) is 94.8 Å². The number of hydrogen-bond donors (Lipinski definition) is 2. The van der Waals surface area contributed by atoms with Gasteiger partial charge in [0.1, 0.15) is 11.3 Å². The van der Waals surface area contributed by atoms with Gasteiger partial charge in [-0.2, -0.15) is 5.10 Å². The summed E-state index contributed by atoms with van der Waals surface area (Å²) in [4.78, 5) is 25.7. The van der Waals surface area contributed by atoms with Crippen molar-refractivity contribution >= 4 is 22.5 Å². The molecule has 0 aliphatic carbocycles. The minimum Gasteiger partial charge on any atom is -0.506 e. The lowest BCUT2D eigenvalue weighted by Crippen LogP contribution is -2.27. The SMILES string of the molecule is C/C(=N/NC(=O)c1ccccc1)c1c(O)c2ccccc2n(-c2ccccc2)c1=O. The van der Waals surface area contributed by atoms with Crippen molar-refractivity contribution in [1.29, 1.82) is 0 Å². The van der Waals surface area contributed by atoms with Crippen molar-refractivity contribution in [2.24, 2.45) is 5.10 Å². The zero-order chi connectivity index (χ0) is 21.1. The van der Waals surface area contributed by atoms with Gasteiger partial charge in [-0.1, -0.05) is 48.5 Å². The molecule has 0 bridgehead atoms. The van der Waals surface area contributed by atoms with E-state index in [2.05, 4.69) is 10.5 Å². The molecule has 0 atom stereocenters. The predicted octanol–water partition coefficient (Wildman–Crippen LogP) is 3.85. The predicted molar refractivity (Wildman–Crippen MR) is 117 cm³/mol. The smallest absolute Gasteiger partial charge is 0.271 e. The molecule has 0 fully saturated rings. The summed E-state index contributed by atoms with van der Waals surface area (Å²) < 4.78 is 1.53. The van der Waals surface area contributed by atoms with Gasteiger partial charge in [-0.25, -0.2) is 5.43 Å². The van der Waals surface area contributed by atoms with E-state index < -0.39 is 11.5 Å². The Hall–Kier alpha value is -4.19. The summed E-state index contributed by atoms with van der Waals surface area (Å²) in [5.74, 6) is -0.573. The van der Waals surface area contributed by atoms with Gasteiger partial charge in [-0.3, -0.25) is 14.2 Å². The quantitative estimate of drug-likeness (QED) is 0.405. The lowest BCUT2D eigenvalue weighted by molar-refractivity contribution is 0.0955. The van der Waals surface area contributed by atoms with Crippen molar-refractivity contribution in [2.75, 3.05) is 0 Å². The molecule has 2 N–H and O–H groups in total. The molecule has 6 nitrogen and oxygen atoms in total. The van der Waals surface area contributed by atoms with E-state index in [1.807, 2.05) is 36.4 Å². The number of para-hydroxylation sites is 2. The van der Waals surface area contributed by atoms with Crippen LogP contribution in [0.3, 0.4) is 0 Å². The van der Waals surface area contributed by atoms with Crippen molar-refractivity contribution in [2.45, 2.75) is 6.92 Å². The van der Waals surface area contributed by atoms with Gasteiger partial charge in [0.15, 0.2) is 0 Å². The summed E-state index contributed by atoms with van der Waals surface area (Å²) in [5.41, 5.74) is 3.95. The van der Waals surface area contributed by atoms with Crippen LogP contribution in [0.2, 0.25) is 0 Å². The summed E-state index contributed by atoms with van der Waals surface area (Å²) in [7, 11) is 0. The average Bonchev–Trinajstić information content (AvgIpc) is 2.79. The number of aromatic nitrogens is 1. The molecule has 3 aromatic carbocycles. The monoisotopic (exact) mass is 397 g/mol. The fourth-order valence-electron chi connectivity index (χ4n) is 3.33. The average molecular weight is 397 g/mol. The maximum atomic E-state index is 13.4. The maximum absolute atomic E-state index is 13.4. The molecule has 0 unspecified atom stereocenters. The number of fused-ring (bicyclic) bond motifs is 1. The van der Waals surface area contributed by atoms with Crippen LogP contribution in [-0.2, 0) is 0 Å². The second kappa shape index (κ2) is 8.05. The Morgan fingerprint density at radius 3 is 2.20 bits per heavy atom. The highest BCUT2D eigenvalue weighted by Crippen LogP contribution is 2.28. The molecule has 0 spiro atoms. The van der Waals surface area contributed by atoms with Crippen LogP contribution >= 0.6 is 0 Å². The summed E-state index contributed by atoms with van der Waals surface area (Å²) >= 11 is 0. The zero-order valence-corrected chi connectivity index (χ0v) is 16.2. The number of nitrogens with one attached hydrogen (secondary N) is 1. The number of rotatable bonds is 4. The first-order valence-corrected chi connectivity index (χ1v) is 9.40. The standard InChI is InChI=1S/C24H19N3O3/c1-16(25-26-23(29)17-10-4-2-5-11-17)21-22(28)19-14-8-9-15-20(19)27(24(21)30)18-12-6-3-7-13-18/h2-15,28H,1H3,(H,26,29)/b25-16-. The van der Waals surface area contributed by atoms with Crippen molar-refractivity contribution in [3.8, 4) is 11.4 Å². The second-order valence-electron chi connectivity index (χ2n) is 6.72. The summed E-state index contributed by atoms with van der Waals surface area (Å²) in [6, 6.07) is 24.9. The number of carbonyl (C=O) groups is 1. The molecule has 1 heterocycles. The minimum absolute atomic E-state index is 0.0333. The minimum atomic E-state index is -0.424. The van der Waals surface area contributed by atoms with Gasteiger partial charge < -0.3 is 5.11 Å². The van der Waals surface area contributed by atoms with Crippen LogP contribution in [0.5, 0.6) is 5.75 Å². The van der Waals surface area contributed by atoms with Gasteiger partial charge in [0.25, 0.3) is 11.5 Å². The Labute approximate surface area is 172 Å². The van der Waals surface area contributed by atoms with Gasteiger partial charge in [0.2, 0.25) is 0 Å². The molecule has 4 aromatic rings. The first kappa shape index (κ1) is 19.1. The molecule has 1 amide bonds. The summed E-state index contributed by atoms with van der Waals surface area (Å²) in [6.45, 7) is 1.58. The van der Waals surface area contributed by atoms with Crippen LogP contribution in [0, 0.1) is 0 Å². The second-order valence-corrected chi connectivity index (χ2v) is 6.72. The molecule has 0 saturated heterocycles. The molecule has 1 aromatic heterocycles. The number of amides is 1. The third kappa shape index (κ3) is 3.46. The number of aromatic hydroxyl groups is 1. The van der Waals surface area contributed by atoms with Crippen molar-refractivity contribution in [1.82, 2.24) is 9.99 Å². The molecular formula is C24H19N3O3. The van der Waals surface area contributed by atoms with E-state index in [-0.39, 0.29) is 17.0 Å². The van der Waals surface area contributed by atoms with Crippen molar-refractivity contribution < 1.29 is 9.90 Å². The van der Waals surface area contributed by atoms with Crippen molar-refractivity contribution in [3.63, 3.8) is 0 Å². The third-order valence-electron chi connectivity index (χ3n) is 4.79. The normalized spacial score (nSPS) is 11.4. The molecule has 0 aliphatic rings. The number of nitrogens with zero attached hydrogens (tertiary/aromatic N) is 2. The molecule has 0 saturated carbocycles. The summed E-state index contributed by atoms with van der Waals surface area (Å²) in [6.07, 6.45) is 0. The first-order valence-electron chi connectivity index (χ1n) is 9.40. The maximum Gasteiger partial charge on any atom is 0.271 e. The van der Waals surface area contributed by atoms with E-state index in [0.717, 1.165) is 0 Å². The van der Waals surface area contributed by atoms with Gasteiger partial charge in [-0.15, -0.1) is 0 Å². The van der Waals surface area contributed by atoms with Gasteiger partial charge >= 0.3 is 0 Å². The van der Waals surface area contributed by atoms with Crippen LogP contribution in [0.4, 0.5) is 0 Å². The van der Waals surface area contributed by atoms with E-state index >= 15 is 0 Å². The molecule has 4 rings (SSSR count). The molecule has 6 heteroatoms. The third-order valence-corrected chi connectivity index (χ3v) is 4.79. The Morgan fingerprint density at radius 2 is 1.50 bits per heavy atom. The number of benzene rings is 3. The molecular weight excluding hydrogens is 378 g/mol. The fourth-order valence-corrected chi connectivity index (χ4v) is 3.33. The van der Waals surface area contributed by atoms with Crippen molar-refractivity contribution in [3.05, 3.63) is 106 Å². The van der Waals surface area contributed by atoms with Crippen LogP contribution in [-0.4, -0.2) is 21.3 Å². The fraction of sp³-hybridized carbons (Fsp3) is 0.0417. The van der Waals surface area contributed by atoms with Gasteiger partial charge in [0, 0.05) is 16.6 Å². The Kier molecular flexibility index (Phi) is 5.13. The van der Waals surface area contributed by atoms with Crippen LogP contribution in [0.1, 0.15) is 22.8 Å². The highest BCUT2D eigenvalue weighted by Gasteiger charge is 2.19. The molecule has 30 heavy (non-hydrogen) atoms. The Balaban J connectivity index is 1.85. The van der Waals surface area contributed by atoms with Crippen LogP contribution < -0.4 is 11.0 Å². The molecule has 0 aliphatic heterocycles. The number of pyridine rings is 1. The number of hydrogen-bond acceptors (Lipinski definition) is 4. The molecule has 148 valence electrons. The Morgan fingerprint density at radius 1 is 0.900 bits per heavy atom. The molecule has 0 radical (unpaired) electrons. The van der Waals surface area contributed by atoms with Gasteiger partial charge in [0.05, 0.1) is 11.2 Å². The largest absolute Gasteiger partial charge is 0.506 e. The zero-order valence-electron chi connectivity index (χ0n) is 16.2. The highest BCUT2D eigenvalue weighted by molar-refractivity contribution is 6.06. The number of carbonyl (C=O) groups excluding carboxylic acids is 1. The van der Waals surface area contributed by atoms with E-state index in [1.165, 1.54) is 4.57 Å². The summed E-state index contributed by atoms with van der Waals surface area (Å²) in [5, 5.41) is 15.4. The first-order chi connectivity index (χ1) is 14.6. The topological polar surface area (TPSA) is 83.7 Å². The van der Waals surface area contributed by atoms with Gasteiger partial charge in [-0.05, 0) is 43.3 Å². The Bertz CT molecular complexity index is 1310. The lowest BCUT2D eigenvalue weighted by Gasteiger charge is -2.15. The van der Waals surface area contributed by atoms with E-state index in [4.69, 9.17) is 0 Å².